The number of hydrogen-bond donors (Lipinski definition) is 0. The van der Waals surface area contributed by atoms with Gasteiger partial charge >= 0.3 is 0 Å². The largest absolute Gasteiger partial charge is 0.0622 e. The van der Waals surface area contributed by atoms with Crippen LogP contribution in [-0.2, 0) is 12.8 Å². The second kappa shape index (κ2) is 5.35. The maximum absolute atomic E-state index is 2.33. The first-order valence-corrected chi connectivity index (χ1v) is 8.60. The summed E-state index contributed by atoms with van der Waals surface area (Å²) in [4.78, 5) is 0. The predicted octanol–water partition coefficient (Wildman–Crippen LogP) is 6.27. The summed E-state index contributed by atoms with van der Waals surface area (Å²) in [6.45, 7) is 0. The summed E-state index contributed by atoms with van der Waals surface area (Å²) in [5.41, 5.74) is 8.38. The summed E-state index contributed by atoms with van der Waals surface area (Å²) in [6, 6.07) is 30.8. The Labute approximate surface area is 142 Å². The fourth-order valence-electron chi connectivity index (χ4n) is 4.08. The Bertz CT molecular complexity index is 1030. The molecule has 114 valence electrons. The lowest BCUT2D eigenvalue weighted by atomic mass is 9.91. The lowest BCUT2D eigenvalue weighted by molar-refractivity contribution is 1.03. The van der Waals surface area contributed by atoms with Gasteiger partial charge in [-0.25, -0.2) is 0 Å². The Morgan fingerprint density at radius 2 is 1.12 bits per heavy atom. The van der Waals surface area contributed by atoms with Crippen LogP contribution in [0.4, 0.5) is 0 Å². The zero-order valence-electron chi connectivity index (χ0n) is 13.5. The fourth-order valence-corrected chi connectivity index (χ4v) is 4.08. The van der Waals surface area contributed by atoms with Gasteiger partial charge in [0.05, 0.1) is 0 Å². The highest BCUT2D eigenvalue weighted by atomic mass is 14.2. The van der Waals surface area contributed by atoms with E-state index in [0.717, 1.165) is 12.8 Å². The van der Waals surface area contributed by atoms with Gasteiger partial charge in [0, 0.05) is 0 Å². The zero-order valence-corrected chi connectivity index (χ0v) is 13.5. The maximum atomic E-state index is 2.33. The van der Waals surface area contributed by atoms with Gasteiger partial charge in [-0.1, -0.05) is 84.9 Å². The lowest BCUT2D eigenvalue weighted by Gasteiger charge is -2.13. The van der Waals surface area contributed by atoms with E-state index in [4.69, 9.17) is 0 Å². The van der Waals surface area contributed by atoms with Gasteiger partial charge in [0.25, 0.3) is 0 Å². The van der Waals surface area contributed by atoms with E-state index in [2.05, 4.69) is 84.9 Å². The van der Waals surface area contributed by atoms with Crippen molar-refractivity contribution in [2.45, 2.75) is 12.8 Å². The first kappa shape index (κ1) is 13.6. The second-order valence-corrected chi connectivity index (χ2v) is 6.52. The van der Waals surface area contributed by atoms with Gasteiger partial charge in [-0.05, 0) is 57.0 Å². The summed E-state index contributed by atoms with van der Waals surface area (Å²) in [5, 5.41) is 2.88. The number of rotatable bonds is 2. The molecule has 0 radical (unpaired) electrons. The standard InChI is InChI=1S/C24H18/c1-3-7-17(8-4-1)20-13-11-19-12-14-22-21(15-16-23(20)24(19)22)18-9-5-2-6-10-18/h1-11,13,15-16H,12,14H2. The summed E-state index contributed by atoms with van der Waals surface area (Å²) in [6.07, 6.45) is 2.31. The van der Waals surface area contributed by atoms with E-state index in [9.17, 15) is 0 Å². The topological polar surface area (TPSA) is 0 Å². The molecule has 4 aromatic rings. The first-order chi connectivity index (χ1) is 11.9. The van der Waals surface area contributed by atoms with E-state index in [-0.39, 0.29) is 0 Å². The van der Waals surface area contributed by atoms with Gasteiger partial charge in [0.1, 0.15) is 0 Å². The van der Waals surface area contributed by atoms with Crippen molar-refractivity contribution in [1.29, 1.82) is 0 Å². The number of aryl methyl sites for hydroxylation is 2. The van der Waals surface area contributed by atoms with Crippen molar-refractivity contribution in [3.63, 3.8) is 0 Å². The molecule has 0 amide bonds. The molecule has 0 heterocycles. The van der Waals surface area contributed by atoms with Crippen molar-refractivity contribution in [2.75, 3.05) is 0 Å². The molecule has 0 aliphatic heterocycles. The van der Waals surface area contributed by atoms with Crippen LogP contribution in [0.1, 0.15) is 11.1 Å². The van der Waals surface area contributed by atoms with Crippen LogP contribution in [0.5, 0.6) is 0 Å². The van der Waals surface area contributed by atoms with Gasteiger partial charge < -0.3 is 0 Å². The Hall–Kier alpha value is -2.86. The lowest BCUT2D eigenvalue weighted by Crippen LogP contribution is -1.88. The van der Waals surface area contributed by atoms with E-state index in [0.29, 0.717) is 0 Å². The molecule has 0 fully saturated rings. The van der Waals surface area contributed by atoms with Gasteiger partial charge in [0.15, 0.2) is 0 Å². The molecule has 0 spiro atoms. The molecule has 0 bridgehead atoms. The van der Waals surface area contributed by atoms with Crippen LogP contribution in [0.15, 0.2) is 84.9 Å². The summed E-state index contributed by atoms with van der Waals surface area (Å²) in [7, 11) is 0. The van der Waals surface area contributed by atoms with E-state index < -0.39 is 0 Å². The highest BCUT2D eigenvalue weighted by molar-refractivity contribution is 6.04. The number of hydrogen-bond acceptors (Lipinski definition) is 0. The molecule has 1 aliphatic carbocycles. The molecule has 1 aliphatic rings. The average Bonchev–Trinajstić information content (AvgIpc) is 3.09. The Kier molecular flexibility index (Phi) is 3.02. The van der Waals surface area contributed by atoms with Crippen molar-refractivity contribution in [3.05, 3.63) is 96.1 Å². The van der Waals surface area contributed by atoms with Crippen molar-refractivity contribution >= 4 is 10.8 Å². The second-order valence-electron chi connectivity index (χ2n) is 6.52. The monoisotopic (exact) mass is 306 g/mol. The minimum absolute atomic E-state index is 1.15. The SMILES string of the molecule is c1ccc(-c2ccc3c(-c4ccccc4)ccc4c3c2CC4)cc1. The average molecular weight is 306 g/mol. The van der Waals surface area contributed by atoms with Crippen LogP contribution in [-0.4, -0.2) is 0 Å². The zero-order chi connectivity index (χ0) is 15.9. The fraction of sp³-hybridized carbons (Fsp3) is 0.0833. The quantitative estimate of drug-likeness (QED) is 0.409. The summed E-state index contributed by atoms with van der Waals surface area (Å²) in [5.74, 6) is 0. The minimum Gasteiger partial charge on any atom is -0.0622 e. The van der Waals surface area contributed by atoms with Crippen molar-refractivity contribution in [3.8, 4) is 22.3 Å². The molecule has 0 unspecified atom stereocenters. The third kappa shape index (κ3) is 2.00. The normalized spacial score (nSPS) is 12.7. The number of benzene rings is 4. The third-order valence-electron chi connectivity index (χ3n) is 5.19. The van der Waals surface area contributed by atoms with Crippen LogP contribution < -0.4 is 0 Å². The molecule has 0 saturated heterocycles. The van der Waals surface area contributed by atoms with E-state index in [1.807, 2.05) is 0 Å². The van der Waals surface area contributed by atoms with Crippen LogP contribution in [0.2, 0.25) is 0 Å². The van der Waals surface area contributed by atoms with E-state index in [1.54, 1.807) is 0 Å². The molecule has 24 heavy (non-hydrogen) atoms. The van der Waals surface area contributed by atoms with Crippen LogP contribution in [0.25, 0.3) is 33.0 Å². The molecule has 5 rings (SSSR count). The summed E-state index contributed by atoms with van der Waals surface area (Å²) < 4.78 is 0. The highest BCUT2D eigenvalue weighted by Crippen LogP contribution is 2.41. The molecule has 0 atom stereocenters. The molecule has 0 saturated carbocycles. The maximum Gasteiger partial charge on any atom is -0.00994 e. The Morgan fingerprint density at radius 1 is 0.500 bits per heavy atom. The first-order valence-electron chi connectivity index (χ1n) is 8.60. The minimum atomic E-state index is 1.15. The molecule has 4 aromatic carbocycles. The van der Waals surface area contributed by atoms with Crippen molar-refractivity contribution in [2.24, 2.45) is 0 Å². The molecule has 0 N–H and O–H groups in total. The smallest absolute Gasteiger partial charge is 0.00994 e. The van der Waals surface area contributed by atoms with Crippen LogP contribution >= 0.6 is 0 Å². The van der Waals surface area contributed by atoms with Crippen molar-refractivity contribution < 1.29 is 0 Å². The van der Waals surface area contributed by atoms with Crippen LogP contribution in [0.3, 0.4) is 0 Å². The Morgan fingerprint density at radius 3 is 1.83 bits per heavy atom. The van der Waals surface area contributed by atoms with Gasteiger partial charge in [0.2, 0.25) is 0 Å². The van der Waals surface area contributed by atoms with Crippen molar-refractivity contribution in [1.82, 2.24) is 0 Å². The molecule has 0 heteroatoms. The van der Waals surface area contributed by atoms with Gasteiger partial charge in [-0.2, -0.15) is 0 Å². The third-order valence-corrected chi connectivity index (χ3v) is 5.19. The Balaban J connectivity index is 1.81. The molecule has 0 aromatic heterocycles. The van der Waals surface area contributed by atoms with E-state index in [1.165, 1.54) is 44.2 Å². The van der Waals surface area contributed by atoms with E-state index >= 15 is 0 Å². The molecule has 0 nitrogen and oxygen atoms in total. The summed E-state index contributed by atoms with van der Waals surface area (Å²) >= 11 is 0. The highest BCUT2D eigenvalue weighted by Gasteiger charge is 2.20. The van der Waals surface area contributed by atoms with Crippen LogP contribution in [0, 0.1) is 0 Å². The molecular weight excluding hydrogens is 288 g/mol. The predicted molar refractivity (Wildman–Crippen MR) is 102 cm³/mol. The molecular formula is C24H18. The van der Waals surface area contributed by atoms with Gasteiger partial charge in [-0.3, -0.25) is 0 Å². The van der Waals surface area contributed by atoms with Gasteiger partial charge in [-0.15, -0.1) is 0 Å².